The Morgan fingerprint density at radius 1 is 1.45 bits per heavy atom. The predicted molar refractivity (Wildman–Crippen MR) is 83.1 cm³/mol. The highest BCUT2D eigenvalue weighted by atomic mass is 16.3. The minimum Gasteiger partial charge on any atom is -0.388 e. The molecule has 1 rings (SSSR count). The molecule has 1 atom stereocenters. The van der Waals surface area contributed by atoms with Crippen LogP contribution in [0.1, 0.15) is 61.8 Å². The molecule has 0 saturated carbocycles. The Kier molecular flexibility index (Phi) is 7.02. The van der Waals surface area contributed by atoms with E-state index in [9.17, 15) is 9.90 Å². The Balaban J connectivity index is 2.73. The zero-order chi connectivity index (χ0) is 15.0. The summed E-state index contributed by atoms with van der Waals surface area (Å²) in [6, 6.07) is 6.13. The second-order valence-electron chi connectivity index (χ2n) is 5.20. The van der Waals surface area contributed by atoms with E-state index in [4.69, 9.17) is 5.73 Å². The van der Waals surface area contributed by atoms with Gasteiger partial charge in [0, 0.05) is 6.42 Å². The number of aliphatic hydroxyl groups is 1. The van der Waals surface area contributed by atoms with Gasteiger partial charge in [0.2, 0.25) is 5.91 Å². The predicted octanol–water partition coefficient (Wildman–Crippen LogP) is 3.50. The van der Waals surface area contributed by atoms with Crippen molar-refractivity contribution >= 4 is 12.0 Å². The first-order valence-corrected chi connectivity index (χ1v) is 7.28. The van der Waals surface area contributed by atoms with Gasteiger partial charge in [0.25, 0.3) is 0 Å². The van der Waals surface area contributed by atoms with Crippen molar-refractivity contribution in [2.45, 2.75) is 52.1 Å². The summed E-state index contributed by atoms with van der Waals surface area (Å²) in [6.07, 6.45) is 7.38. The molecule has 1 aromatic rings. The molecule has 3 N–H and O–H groups in total. The first kappa shape index (κ1) is 16.4. The molecule has 0 aliphatic rings. The molecule has 0 bridgehead atoms. The third-order valence-corrected chi connectivity index (χ3v) is 3.25. The Morgan fingerprint density at radius 2 is 2.20 bits per heavy atom. The van der Waals surface area contributed by atoms with Crippen molar-refractivity contribution in [3.63, 3.8) is 0 Å². The number of primary amides is 1. The molecule has 1 unspecified atom stereocenters. The second-order valence-corrected chi connectivity index (χ2v) is 5.20. The molecule has 3 nitrogen and oxygen atoms in total. The van der Waals surface area contributed by atoms with E-state index in [0.29, 0.717) is 6.42 Å². The van der Waals surface area contributed by atoms with Gasteiger partial charge < -0.3 is 10.8 Å². The van der Waals surface area contributed by atoms with Gasteiger partial charge in [-0.2, -0.15) is 0 Å². The quantitative estimate of drug-likeness (QED) is 0.713. The van der Waals surface area contributed by atoms with E-state index in [2.05, 4.69) is 6.92 Å². The van der Waals surface area contributed by atoms with Crippen molar-refractivity contribution in [3.8, 4) is 0 Å². The van der Waals surface area contributed by atoms with Crippen LogP contribution in [0.15, 0.2) is 24.3 Å². The number of unbranched alkanes of at least 4 members (excludes halogenated alkanes) is 1. The summed E-state index contributed by atoms with van der Waals surface area (Å²) in [5, 5.41) is 10.2. The SMILES string of the molecule is CCCC(O)c1cc(C)ccc1C=CCCCC(N)=O. The number of carbonyl (C=O) groups excluding carboxylic acids is 1. The van der Waals surface area contributed by atoms with Gasteiger partial charge in [-0.3, -0.25) is 4.79 Å². The number of benzene rings is 1. The monoisotopic (exact) mass is 275 g/mol. The summed E-state index contributed by atoms with van der Waals surface area (Å²) >= 11 is 0. The van der Waals surface area contributed by atoms with Crippen LogP contribution in [0.2, 0.25) is 0 Å². The first-order chi connectivity index (χ1) is 9.54. The highest BCUT2D eigenvalue weighted by Crippen LogP contribution is 2.24. The average Bonchev–Trinajstić information content (AvgIpc) is 2.39. The van der Waals surface area contributed by atoms with Crippen molar-refractivity contribution in [1.82, 2.24) is 0 Å². The van der Waals surface area contributed by atoms with Crippen LogP contribution in [-0.2, 0) is 4.79 Å². The Hall–Kier alpha value is -1.61. The van der Waals surface area contributed by atoms with Gasteiger partial charge in [-0.05, 0) is 37.3 Å². The largest absolute Gasteiger partial charge is 0.388 e. The highest BCUT2D eigenvalue weighted by Gasteiger charge is 2.10. The third-order valence-electron chi connectivity index (χ3n) is 3.25. The van der Waals surface area contributed by atoms with Gasteiger partial charge in [-0.15, -0.1) is 0 Å². The van der Waals surface area contributed by atoms with Crippen molar-refractivity contribution in [2.24, 2.45) is 5.73 Å². The fraction of sp³-hybridized carbons (Fsp3) is 0.471. The Labute approximate surface area is 121 Å². The van der Waals surface area contributed by atoms with Crippen molar-refractivity contribution in [1.29, 1.82) is 0 Å². The topological polar surface area (TPSA) is 63.3 Å². The van der Waals surface area contributed by atoms with Gasteiger partial charge >= 0.3 is 0 Å². The van der Waals surface area contributed by atoms with E-state index < -0.39 is 6.10 Å². The van der Waals surface area contributed by atoms with Crippen LogP contribution in [0, 0.1) is 6.92 Å². The summed E-state index contributed by atoms with van der Waals surface area (Å²) in [4.78, 5) is 10.7. The first-order valence-electron chi connectivity index (χ1n) is 7.28. The van der Waals surface area contributed by atoms with Crippen molar-refractivity contribution in [3.05, 3.63) is 41.0 Å². The molecule has 0 aromatic heterocycles. The van der Waals surface area contributed by atoms with Gasteiger partial charge in [0.1, 0.15) is 0 Å². The summed E-state index contributed by atoms with van der Waals surface area (Å²) in [5.74, 6) is -0.257. The molecule has 0 radical (unpaired) electrons. The molecule has 0 aliphatic heterocycles. The maximum atomic E-state index is 10.7. The van der Waals surface area contributed by atoms with Crippen LogP contribution in [0.4, 0.5) is 0 Å². The van der Waals surface area contributed by atoms with Crippen LogP contribution in [0.25, 0.3) is 6.08 Å². The normalized spacial score (nSPS) is 12.8. The summed E-state index contributed by atoms with van der Waals surface area (Å²) < 4.78 is 0. The maximum absolute atomic E-state index is 10.7. The highest BCUT2D eigenvalue weighted by molar-refractivity contribution is 5.73. The molecular weight excluding hydrogens is 250 g/mol. The third kappa shape index (κ3) is 5.57. The number of amides is 1. The van der Waals surface area contributed by atoms with E-state index in [0.717, 1.165) is 42.4 Å². The molecule has 0 spiro atoms. The molecule has 0 fully saturated rings. The van der Waals surface area contributed by atoms with Gasteiger partial charge in [-0.1, -0.05) is 49.3 Å². The van der Waals surface area contributed by atoms with Gasteiger partial charge in [0.05, 0.1) is 6.10 Å². The summed E-state index contributed by atoms with van der Waals surface area (Å²) in [7, 11) is 0. The number of carbonyl (C=O) groups is 1. The Bertz CT molecular complexity index is 466. The van der Waals surface area contributed by atoms with E-state index in [1.165, 1.54) is 0 Å². The zero-order valence-corrected chi connectivity index (χ0v) is 12.4. The second kappa shape index (κ2) is 8.54. The number of aliphatic hydroxyl groups excluding tert-OH is 1. The molecule has 1 amide bonds. The molecule has 0 aliphatic carbocycles. The smallest absolute Gasteiger partial charge is 0.217 e. The number of aryl methyl sites for hydroxylation is 1. The molecule has 3 heteroatoms. The number of hydrogen-bond acceptors (Lipinski definition) is 2. The zero-order valence-electron chi connectivity index (χ0n) is 12.4. The fourth-order valence-corrected chi connectivity index (χ4v) is 2.17. The minimum absolute atomic E-state index is 0.257. The lowest BCUT2D eigenvalue weighted by atomic mass is 9.96. The molecule has 0 saturated heterocycles. The number of hydrogen-bond donors (Lipinski definition) is 2. The fourth-order valence-electron chi connectivity index (χ4n) is 2.17. The molecule has 110 valence electrons. The van der Waals surface area contributed by atoms with E-state index in [1.54, 1.807) is 0 Å². The molecular formula is C17H25NO2. The van der Waals surface area contributed by atoms with E-state index in [-0.39, 0.29) is 5.91 Å². The standard InChI is InChI=1S/C17H25NO2/c1-3-7-16(19)15-12-13(2)10-11-14(15)8-5-4-6-9-17(18)20/h5,8,10-12,16,19H,3-4,6-7,9H2,1-2H3,(H2,18,20). The molecule has 20 heavy (non-hydrogen) atoms. The van der Waals surface area contributed by atoms with Crippen molar-refractivity contribution in [2.75, 3.05) is 0 Å². The van der Waals surface area contributed by atoms with E-state index >= 15 is 0 Å². The van der Waals surface area contributed by atoms with Crippen LogP contribution in [0.5, 0.6) is 0 Å². The lowest BCUT2D eigenvalue weighted by Crippen LogP contribution is -2.09. The lowest BCUT2D eigenvalue weighted by Gasteiger charge is -2.14. The maximum Gasteiger partial charge on any atom is 0.217 e. The molecule has 0 heterocycles. The van der Waals surface area contributed by atoms with Crippen molar-refractivity contribution < 1.29 is 9.90 Å². The van der Waals surface area contributed by atoms with Gasteiger partial charge in [0.15, 0.2) is 0 Å². The number of allylic oxidation sites excluding steroid dienone is 1. The van der Waals surface area contributed by atoms with Crippen LogP contribution in [-0.4, -0.2) is 11.0 Å². The molecule has 1 aromatic carbocycles. The minimum atomic E-state index is -0.412. The number of nitrogens with two attached hydrogens (primary N) is 1. The lowest BCUT2D eigenvalue weighted by molar-refractivity contribution is -0.118. The summed E-state index contributed by atoms with van der Waals surface area (Å²) in [5.41, 5.74) is 8.29. The summed E-state index contributed by atoms with van der Waals surface area (Å²) in [6.45, 7) is 4.10. The van der Waals surface area contributed by atoms with Crippen LogP contribution in [0.3, 0.4) is 0 Å². The van der Waals surface area contributed by atoms with Crippen LogP contribution < -0.4 is 5.73 Å². The van der Waals surface area contributed by atoms with Gasteiger partial charge in [-0.25, -0.2) is 0 Å². The number of rotatable bonds is 8. The van der Waals surface area contributed by atoms with E-state index in [1.807, 2.05) is 37.3 Å². The van der Waals surface area contributed by atoms with Crippen LogP contribution >= 0.6 is 0 Å². The average molecular weight is 275 g/mol. The Morgan fingerprint density at radius 3 is 2.85 bits per heavy atom.